The Hall–Kier alpha value is -2.03. The van der Waals surface area contributed by atoms with E-state index >= 15 is 0 Å². The summed E-state index contributed by atoms with van der Waals surface area (Å²) >= 11 is 6.56. The van der Waals surface area contributed by atoms with Crippen molar-refractivity contribution in [1.82, 2.24) is 9.80 Å². The number of hydrogen-bond donors (Lipinski definition) is 0. The van der Waals surface area contributed by atoms with Crippen molar-refractivity contribution in [3.8, 4) is 0 Å². The zero-order chi connectivity index (χ0) is 16.5. The highest BCUT2D eigenvalue weighted by Crippen LogP contribution is 2.42. The number of rotatable bonds is 2. The minimum atomic E-state index is 0.829. The SMILES string of the molecule is CN1CCN(/C=C2\C=C(c3ccccc3)c3cccc(Cl)c32)CC1. The molecule has 0 amide bonds. The van der Waals surface area contributed by atoms with E-state index in [1.807, 2.05) is 12.1 Å². The third-order valence-corrected chi connectivity index (χ3v) is 5.15. The Morgan fingerprint density at radius 2 is 1.67 bits per heavy atom. The highest BCUT2D eigenvalue weighted by Gasteiger charge is 2.23. The van der Waals surface area contributed by atoms with Gasteiger partial charge in [0, 0.05) is 48.5 Å². The number of fused-ring (bicyclic) bond motifs is 1. The predicted octanol–water partition coefficient (Wildman–Crippen LogP) is 4.37. The van der Waals surface area contributed by atoms with Crippen molar-refractivity contribution in [3.05, 3.63) is 82.5 Å². The minimum Gasteiger partial charge on any atom is -0.374 e. The fraction of sp³-hybridized carbons (Fsp3) is 0.238. The molecule has 0 atom stereocenters. The molecule has 122 valence electrons. The first-order chi connectivity index (χ1) is 11.7. The maximum absolute atomic E-state index is 6.56. The summed E-state index contributed by atoms with van der Waals surface area (Å²) in [5.41, 5.74) is 6.11. The Morgan fingerprint density at radius 1 is 0.917 bits per heavy atom. The number of halogens is 1. The van der Waals surface area contributed by atoms with Gasteiger partial charge in [0.1, 0.15) is 0 Å². The highest BCUT2D eigenvalue weighted by atomic mass is 35.5. The zero-order valence-corrected chi connectivity index (χ0v) is 14.6. The number of hydrogen-bond acceptors (Lipinski definition) is 2. The zero-order valence-electron chi connectivity index (χ0n) is 13.9. The van der Waals surface area contributed by atoms with Crippen molar-refractivity contribution >= 4 is 22.7 Å². The summed E-state index contributed by atoms with van der Waals surface area (Å²) in [6, 6.07) is 16.7. The van der Waals surface area contributed by atoms with Gasteiger partial charge in [0.15, 0.2) is 0 Å². The normalized spacial score (nSPS) is 19.5. The van der Waals surface area contributed by atoms with E-state index in [0.717, 1.165) is 36.8 Å². The van der Waals surface area contributed by atoms with E-state index in [1.165, 1.54) is 22.3 Å². The third-order valence-electron chi connectivity index (χ3n) is 4.84. The molecular formula is C21H21ClN2. The van der Waals surface area contributed by atoms with E-state index in [2.05, 4.69) is 65.5 Å². The monoisotopic (exact) mass is 336 g/mol. The van der Waals surface area contributed by atoms with Crippen molar-refractivity contribution < 1.29 is 0 Å². The number of piperazine rings is 1. The van der Waals surface area contributed by atoms with Crippen LogP contribution >= 0.6 is 11.6 Å². The minimum absolute atomic E-state index is 0.829. The van der Waals surface area contributed by atoms with Gasteiger partial charge in [0.2, 0.25) is 0 Å². The molecule has 1 aliphatic heterocycles. The standard InChI is InChI=1S/C21H21ClN2/c1-23-10-12-24(13-11-23)15-17-14-19(16-6-3-2-4-7-16)18-8-5-9-20(22)21(17)18/h2-9,14-15H,10-13H2,1H3/b17-15+. The molecule has 0 bridgehead atoms. The molecule has 2 aliphatic rings. The number of nitrogens with zero attached hydrogens (tertiary/aromatic N) is 2. The summed E-state index contributed by atoms with van der Waals surface area (Å²) in [6.45, 7) is 4.34. The molecule has 1 fully saturated rings. The first-order valence-electron chi connectivity index (χ1n) is 8.43. The van der Waals surface area contributed by atoms with Crippen molar-refractivity contribution in [2.45, 2.75) is 0 Å². The van der Waals surface area contributed by atoms with Gasteiger partial charge in [-0.25, -0.2) is 0 Å². The van der Waals surface area contributed by atoms with E-state index in [4.69, 9.17) is 11.6 Å². The Morgan fingerprint density at radius 3 is 2.42 bits per heavy atom. The van der Waals surface area contributed by atoms with Crippen molar-refractivity contribution in [3.63, 3.8) is 0 Å². The molecule has 1 heterocycles. The van der Waals surface area contributed by atoms with E-state index in [9.17, 15) is 0 Å². The Labute approximate surface area is 148 Å². The smallest absolute Gasteiger partial charge is 0.0491 e. The van der Waals surface area contributed by atoms with E-state index in [-0.39, 0.29) is 0 Å². The van der Waals surface area contributed by atoms with Crippen LogP contribution < -0.4 is 0 Å². The molecule has 2 aromatic carbocycles. The number of allylic oxidation sites excluding steroid dienone is 2. The molecule has 1 aliphatic carbocycles. The van der Waals surface area contributed by atoms with E-state index in [1.54, 1.807) is 0 Å². The summed E-state index contributed by atoms with van der Waals surface area (Å²) in [5, 5.41) is 0.829. The lowest BCUT2D eigenvalue weighted by Gasteiger charge is -2.32. The Balaban J connectivity index is 1.76. The summed E-state index contributed by atoms with van der Waals surface area (Å²) in [7, 11) is 2.18. The van der Waals surface area contributed by atoms with Gasteiger partial charge in [-0.2, -0.15) is 0 Å². The fourth-order valence-electron chi connectivity index (χ4n) is 3.45. The van der Waals surface area contributed by atoms with Crippen LogP contribution in [0, 0.1) is 0 Å². The summed E-state index contributed by atoms with van der Waals surface area (Å²) < 4.78 is 0. The lowest BCUT2D eigenvalue weighted by atomic mass is 9.99. The summed E-state index contributed by atoms with van der Waals surface area (Å²) in [4.78, 5) is 4.78. The van der Waals surface area contributed by atoms with Crippen LogP contribution in [0.2, 0.25) is 5.02 Å². The molecular weight excluding hydrogens is 316 g/mol. The van der Waals surface area contributed by atoms with Crippen LogP contribution in [-0.2, 0) is 0 Å². The lowest BCUT2D eigenvalue weighted by Crippen LogP contribution is -2.41. The molecule has 0 unspecified atom stereocenters. The maximum atomic E-state index is 6.56. The lowest BCUT2D eigenvalue weighted by molar-refractivity contribution is 0.199. The van der Waals surface area contributed by atoms with Crippen LogP contribution in [0.4, 0.5) is 0 Å². The molecule has 1 saturated heterocycles. The van der Waals surface area contributed by atoms with Crippen LogP contribution in [0.3, 0.4) is 0 Å². The van der Waals surface area contributed by atoms with Crippen LogP contribution in [0.25, 0.3) is 11.1 Å². The van der Waals surface area contributed by atoms with Crippen molar-refractivity contribution in [2.75, 3.05) is 33.2 Å². The maximum Gasteiger partial charge on any atom is 0.0491 e. The van der Waals surface area contributed by atoms with Gasteiger partial charge in [0.05, 0.1) is 0 Å². The molecule has 4 rings (SSSR count). The van der Waals surface area contributed by atoms with Gasteiger partial charge < -0.3 is 9.80 Å². The number of likely N-dealkylation sites (N-methyl/N-ethyl adjacent to an activating group) is 1. The van der Waals surface area contributed by atoms with Crippen LogP contribution in [-0.4, -0.2) is 43.0 Å². The van der Waals surface area contributed by atoms with E-state index in [0.29, 0.717) is 0 Å². The Bertz CT molecular complexity index is 800. The molecule has 24 heavy (non-hydrogen) atoms. The largest absolute Gasteiger partial charge is 0.374 e. The summed E-state index contributed by atoms with van der Waals surface area (Å²) in [6.07, 6.45) is 4.57. The summed E-state index contributed by atoms with van der Waals surface area (Å²) in [5.74, 6) is 0. The fourth-order valence-corrected chi connectivity index (χ4v) is 3.74. The number of benzene rings is 2. The molecule has 3 heteroatoms. The molecule has 2 nitrogen and oxygen atoms in total. The first-order valence-corrected chi connectivity index (χ1v) is 8.81. The molecule has 0 saturated carbocycles. The highest BCUT2D eigenvalue weighted by molar-refractivity contribution is 6.33. The van der Waals surface area contributed by atoms with Gasteiger partial charge in [-0.3, -0.25) is 0 Å². The van der Waals surface area contributed by atoms with E-state index < -0.39 is 0 Å². The second-order valence-corrected chi connectivity index (χ2v) is 6.92. The van der Waals surface area contributed by atoms with Crippen molar-refractivity contribution in [1.29, 1.82) is 0 Å². The second kappa shape index (κ2) is 6.46. The molecule has 0 radical (unpaired) electrons. The topological polar surface area (TPSA) is 6.48 Å². The predicted molar refractivity (Wildman–Crippen MR) is 102 cm³/mol. The average Bonchev–Trinajstić information content (AvgIpc) is 2.98. The van der Waals surface area contributed by atoms with Gasteiger partial charge in [-0.15, -0.1) is 0 Å². The first kappa shape index (κ1) is 15.5. The van der Waals surface area contributed by atoms with Gasteiger partial charge >= 0.3 is 0 Å². The Kier molecular flexibility index (Phi) is 4.17. The molecule has 2 aromatic rings. The molecule has 0 N–H and O–H groups in total. The van der Waals surface area contributed by atoms with Crippen LogP contribution in [0.5, 0.6) is 0 Å². The van der Waals surface area contributed by atoms with Crippen LogP contribution in [0.1, 0.15) is 16.7 Å². The van der Waals surface area contributed by atoms with Gasteiger partial charge in [-0.1, -0.05) is 54.1 Å². The van der Waals surface area contributed by atoms with Gasteiger partial charge in [0.25, 0.3) is 0 Å². The second-order valence-electron chi connectivity index (χ2n) is 6.51. The quantitative estimate of drug-likeness (QED) is 0.803. The molecule has 0 spiro atoms. The van der Waals surface area contributed by atoms with Gasteiger partial charge in [-0.05, 0) is 35.9 Å². The molecule has 0 aromatic heterocycles. The average molecular weight is 337 g/mol. The van der Waals surface area contributed by atoms with Crippen LogP contribution in [0.15, 0.2) is 60.8 Å². The third kappa shape index (κ3) is 2.88. The van der Waals surface area contributed by atoms with Crippen molar-refractivity contribution in [2.24, 2.45) is 0 Å².